The maximum absolute atomic E-state index is 4.68. The third kappa shape index (κ3) is 1.70. The molecule has 1 aliphatic carbocycles. The van der Waals surface area contributed by atoms with Crippen molar-refractivity contribution in [3.8, 4) is 0 Å². The number of hydrogen-bond acceptors (Lipinski definition) is 2. The Hall–Kier alpha value is -2.10. The zero-order valence-corrected chi connectivity index (χ0v) is 10.0. The molecule has 4 nitrogen and oxygen atoms in total. The van der Waals surface area contributed by atoms with Crippen molar-refractivity contribution >= 4 is 11.0 Å². The van der Waals surface area contributed by atoms with Gasteiger partial charge in [-0.2, -0.15) is 0 Å². The van der Waals surface area contributed by atoms with Gasteiger partial charge in [-0.15, -0.1) is 0 Å². The van der Waals surface area contributed by atoms with Crippen LogP contribution in [0.3, 0.4) is 0 Å². The standard InChI is InChI=1S/C14H14N4/c1-4-12-13(17-14(16-12)11-2-3-11)7-10(1)8-18-6-5-15-9-18/h1,4-7,9,11H,2-3,8H2,(H,16,17). The van der Waals surface area contributed by atoms with Gasteiger partial charge in [0.2, 0.25) is 0 Å². The van der Waals surface area contributed by atoms with E-state index in [0.29, 0.717) is 5.92 Å². The number of aromatic amines is 1. The van der Waals surface area contributed by atoms with Gasteiger partial charge in [-0.1, -0.05) is 6.07 Å². The van der Waals surface area contributed by atoms with Crippen LogP contribution in [0.5, 0.6) is 0 Å². The van der Waals surface area contributed by atoms with Crippen molar-refractivity contribution in [2.24, 2.45) is 0 Å². The first-order valence-electron chi connectivity index (χ1n) is 6.33. The fourth-order valence-electron chi connectivity index (χ4n) is 2.31. The van der Waals surface area contributed by atoms with Crippen molar-refractivity contribution in [1.82, 2.24) is 19.5 Å². The highest BCUT2D eigenvalue weighted by atomic mass is 15.0. The van der Waals surface area contributed by atoms with Crippen LogP contribution >= 0.6 is 0 Å². The van der Waals surface area contributed by atoms with Gasteiger partial charge in [0.05, 0.1) is 17.4 Å². The van der Waals surface area contributed by atoms with Crippen molar-refractivity contribution in [2.45, 2.75) is 25.3 Å². The third-order valence-electron chi connectivity index (χ3n) is 3.45. The number of aromatic nitrogens is 4. The van der Waals surface area contributed by atoms with Crippen LogP contribution in [-0.2, 0) is 6.54 Å². The molecule has 0 atom stereocenters. The summed E-state index contributed by atoms with van der Waals surface area (Å²) in [5.41, 5.74) is 3.48. The molecule has 2 heterocycles. The summed E-state index contributed by atoms with van der Waals surface area (Å²) in [6, 6.07) is 6.44. The van der Waals surface area contributed by atoms with Crippen LogP contribution in [0.4, 0.5) is 0 Å². The Morgan fingerprint density at radius 3 is 3.06 bits per heavy atom. The molecule has 4 rings (SSSR count). The second-order valence-electron chi connectivity index (χ2n) is 4.98. The average Bonchev–Trinajstić information content (AvgIpc) is 2.95. The zero-order valence-electron chi connectivity index (χ0n) is 10.0. The molecule has 1 fully saturated rings. The normalized spacial score (nSPS) is 15.3. The summed E-state index contributed by atoms with van der Waals surface area (Å²) in [5, 5.41) is 0. The lowest BCUT2D eigenvalue weighted by atomic mass is 10.2. The first-order chi connectivity index (χ1) is 8.88. The fourth-order valence-corrected chi connectivity index (χ4v) is 2.31. The fraction of sp³-hybridized carbons (Fsp3) is 0.286. The molecule has 0 saturated heterocycles. The maximum Gasteiger partial charge on any atom is 0.110 e. The molecule has 0 radical (unpaired) electrons. The second kappa shape index (κ2) is 3.70. The lowest BCUT2D eigenvalue weighted by Gasteiger charge is -2.01. The molecule has 4 heteroatoms. The van der Waals surface area contributed by atoms with Crippen molar-refractivity contribution in [2.75, 3.05) is 0 Å². The monoisotopic (exact) mass is 238 g/mol. The smallest absolute Gasteiger partial charge is 0.110 e. The molecule has 90 valence electrons. The van der Waals surface area contributed by atoms with Gasteiger partial charge in [0.1, 0.15) is 5.82 Å². The Bertz CT molecular complexity index is 677. The molecule has 0 bridgehead atoms. The summed E-state index contributed by atoms with van der Waals surface area (Å²) in [4.78, 5) is 12.2. The average molecular weight is 238 g/mol. The van der Waals surface area contributed by atoms with Crippen molar-refractivity contribution in [1.29, 1.82) is 0 Å². The lowest BCUT2D eigenvalue weighted by molar-refractivity contribution is 0.798. The molecule has 3 aromatic rings. The largest absolute Gasteiger partial charge is 0.342 e. The maximum atomic E-state index is 4.68. The van der Waals surface area contributed by atoms with E-state index in [0.717, 1.165) is 23.4 Å². The van der Waals surface area contributed by atoms with E-state index < -0.39 is 0 Å². The molecule has 1 N–H and O–H groups in total. The van der Waals surface area contributed by atoms with E-state index >= 15 is 0 Å². The first-order valence-corrected chi connectivity index (χ1v) is 6.33. The number of imidazole rings is 2. The molecular weight excluding hydrogens is 224 g/mol. The van der Waals surface area contributed by atoms with E-state index in [1.54, 1.807) is 6.20 Å². The minimum atomic E-state index is 0.675. The summed E-state index contributed by atoms with van der Waals surface area (Å²) < 4.78 is 2.07. The number of hydrogen-bond donors (Lipinski definition) is 1. The summed E-state index contributed by atoms with van der Waals surface area (Å²) in [6.07, 6.45) is 8.18. The highest BCUT2D eigenvalue weighted by Crippen LogP contribution is 2.39. The highest BCUT2D eigenvalue weighted by molar-refractivity contribution is 5.76. The Kier molecular flexibility index (Phi) is 2.03. The summed E-state index contributed by atoms with van der Waals surface area (Å²) in [7, 11) is 0. The van der Waals surface area contributed by atoms with E-state index in [-0.39, 0.29) is 0 Å². The van der Waals surface area contributed by atoms with Crippen molar-refractivity contribution in [3.05, 3.63) is 48.3 Å². The molecule has 0 spiro atoms. The van der Waals surface area contributed by atoms with Crippen LogP contribution in [0.15, 0.2) is 36.9 Å². The molecule has 1 aliphatic rings. The molecule has 18 heavy (non-hydrogen) atoms. The molecule has 2 aromatic heterocycles. The SMILES string of the molecule is c1cn(Cc2ccc3[nH]c(C4CC4)nc3c2)cn1. The number of fused-ring (bicyclic) bond motifs is 1. The van der Waals surface area contributed by atoms with E-state index in [1.807, 2.05) is 12.5 Å². The molecule has 1 saturated carbocycles. The number of nitrogens with zero attached hydrogens (tertiary/aromatic N) is 3. The number of nitrogens with one attached hydrogen (secondary N) is 1. The van der Waals surface area contributed by atoms with Gasteiger partial charge < -0.3 is 9.55 Å². The van der Waals surface area contributed by atoms with Gasteiger partial charge in [-0.3, -0.25) is 0 Å². The van der Waals surface area contributed by atoms with Crippen molar-refractivity contribution in [3.63, 3.8) is 0 Å². The zero-order chi connectivity index (χ0) is 11.9. The van der Waals surface area contributed by atoms with Gasteiger partial charge >= 0.3 is 0 Å². The van der Waals surface area contributed by atoms with Gasteiger partial charge in [0.25, 0.3) is 0 Å². The van der Waals surface area contributed by atoms with Gasteiger partial charge in [-0.05, 0) is 30.5 Å². The first kappa shape index (κ1) is 9.88. The van der Waals surface area contributed by atoms with Gasteiger partial charge in [0.15, 0.2) is 0 Å². The minimum Gasteiger partial charge on any atom is -0.342 e. The quantitative estimate of drug-likeness (QED) is 0.762. The summed E-state index contributed by atoms with van der Waals surface area (Å²) in [6.45, 7) is 0.849. The van der Waals surface area contributed by atoms with Crippen LogP contribution in [0.25, 0.3) is 11.0 Å². The predicted molar refractivity (Wildman–Crippen MR) is 69.4 cm³/mol. The Balaban J connectivity index is 1.69. The van der Waals surface area contributed by atoms with Crippen LogP contribution in [0, 0.1) is 0 Å². The summed E-state index contributed by atoms with van der Waals surface area (Å²) >= 11 is 0. The molecule has 0 amide bonds. The Morgan fingerprint density at radius 1 is 1.33 bits per heavy atom. The molecular formula is C14H14N4. The van der Waals surface area contributed by atoms with Crippen LogP contribution in [0.1, 0.15) is 30.1 Å². The number of H-pyrrole nitrogens is 1. The van der Waals surface area contributed by atoms with E-state index in [1.165, 1.54) is 18.4 Å². The molecule has 1 aromatic carbocycles. The topological polar surface area (TPSA) is 46.5 Å². The molecule has 0 aliphatic heterocycles. The third-order valence-corrected chi connectivity index (χ3v) is 3.45. The van der Waals surface area contributed by atoms with E-state index in [4.69, 9.17) is 0 Å². The molecule has 0 unspecified atom stereocenters. The summed E-state index contributed by atoms with van der Waals surface area (Å²) in [5.74, 6) is 1.83. The van der Waals surface area contributed by atoms with Crippen LogP contribution < -0.4 is 0 Å². The second-order valence-corrected chi connectivity index (χ2v) is 4.98. The van der Waals surface area contributed by atoms with Gasteiger partial charge in [0, 0.05) is 24.9 Å². The number of rotatable bonds is 3. The Labute approximate surface area is 105 Å². The van der Waals surface area contributed by atoms with Crippen LogP contribution in [-0.4, -0.2) is 19.5 Å². The number of benzene rings is 1. The van der Waals surface area contributed by atoms with Crippen molar-refractivity contribution < 1.29 is 0 Å². The predicted octanol–water partition coefficient (Wildman–Crippen LogP) is 2.69. The highest BCUT2D eigenvalue weighted by Gasteiger charge is 2.26. The lowest BCUT2D eigenvalue weighted by Crippen LogP contribution is -1.95. The van der Waals surface area contributed by atoms with E-state index in [2.05, 4.69) is 37.7 Å². The van der Waals surface area contributed by atoms with Crippen LogP contribution in [0.2, 0.25) is 0 Å². The van der Waals surface area contributed by atoms with Gasteiger partial charge in [-0.25, -0.2) is 9.97 Å². The minimum absolute atomic E-state index is 0.675. The van der Waals surface area contributed by atoms with E-state index in [9.17, 15) is 0 Å². The Morgan fingerprint density at radius 2 is 2.28 bits per heavy atom.